The summed E-state index contributed by atoms with van der Waals surface area (Å²) in [6, 6.07) is 24.9. The normalized spacial score (nSPS) is 11.5. The van der Waals surface area contributed by atoms with E-state index in [9.17, 15) is 4.79 Å². The third-order valence-corrected chi connectivity index (χ3v) is 4.11. The second-order valence-corrected chi connectivity index (χ2v) is 6.09. The highest BCUT2D eigenvalue weighted by Crippen LogP contribution is 2.23. The maximum absolute atomic E-state index is 12.6. The first-order valence-electron chi connectivity index (χ1n) is 8.49. The summed E-state index contributed by atoms with van der Waals surface area (Å²) < 4.78 is 5.20. The zero-order chi connectivity index (χ0) is 18.4. The summed E-state index contributed by atoms with van der Waals surface area (Å²) >= 11 is 0. The van der Waals surface area contributed by atoms with E-state index in [1.54, 1.807) is 13.2 Å². The van der Waals surface area contributed by atoms with Crippen molar-refractivity contribution in [2.75, 3.05) is 12.4 Å². The van der Waals surface area contributed by atoms with Gasteiger partial charge in [-0.3, -0.25) is 0 Å². The third-order valence-electron chi connectivity index (χ3n) is 4.11. The Morgan fingerprint density at radius 2 is 1.62 bits per heavy atom. The Kier molecular flexibility index (Phi) is 5.54. The van der Waals surface area contributed by atoms with E-state index in [-0.39, 0.29) is 12.1 Å². The lowest BCUT2D eigenvalue weighted by Gasteiger charge is -2.21. The number of aryl methyl sites for hydroxylation is 1. The minimum atomic E-state index is -0.270. The molecule has 0 saturated heterocycles. The molecular weight excluding hydrogens is 324 g/mol. The van der Waals surface area contributed by atoms with Gasteiger partial charge in [-0.1, -0.05) is 66.2 Å². The van der Waals surface area contributed by atoms with Crippen molar-refractivity contribution in [1.82, 2.24) is 5.32 Å². The lowest BCUT2D eigenvalue weighted by molar-refractivity contribution is 0.250. The van der Waals surface area contributed by atoms with Gasteiger partial charge in [0.05, 0.1) is 13.2 Å². The second-order valence-electron chi connectivity index (χ2n) is 6.09. The van der Waals surface area contributed by atoms with Gasteiger partial charge >= 0.3 is 6.03 Å². The number of ether oxygens (including phenoxy) is 1. The van der Waals surface area contributed by atoms with Crippen molar-refractivity contribution in [1.29, 1.82) is 0 Å². The summed E-state index contributed by atoms with van der Waals surface area (Å²) in [6.07, 6.45) is 0. The molecule has 26 heavy (non-hydrogen) atoms. The Labute approximate surface area is 153 Å². The lowest BCUT2D eigenvalue weighted by atomic mass is 9.97. The number of carbonyl (C=O) groups is 1. The fraction of sp³-hybridized carbons (Fsp3) is 0.136. The van der Waals surface area contributed by atoms with Crippen LogP contribution in [-0.2, 0) is 0 Å². The molecule has 0 spiro atoms. The van der Waals surface area contributed by atoms with E-state index in [0.29, 0.717) is 11.4 Å². The quantitative estimate of drug-likeness (QED) is 0.689. The topological polar surface area (TPSA) is 50.4 Å². The van der Waals surface area contributed by atoms with Crippen molar-refractivity contribution in [2.24, 2.45) is 0 Å². The summed E-state index contributed by atoms with van der Waals surface area (Å²) in [4.78, 5) is 12.6. The van der Waals surface area contributed by atoms with E-state index in [4.69, 9.17) is 4.74 Å². The van der Waals surface area contributed by atoms with Crippen LogP contribution in [0.15, 0.2) is 78.9 Å². The molecule has 3 aromatic rings. The number of methoxy groups -OCH3 is 1. The molecule has 4 nitrogen and oxygen atoms in total. The Bertz CT molecular complexity index is 878. The van der Waals surface area contributed by atoms with Crippen molar-refractivity contribution in [3.05, 3.63) is 95.6 Å². The number of anilines is 1. The predicted octanol–water partition coefficient (Wildman–Crippen LogP) is 4.91. The van der Waals surface area contributed by atoms with Gasteiger partial charge in [0, 0.05) is 11.8 Å². The second kappa shape index (κ2) is 8.21. The van der Waals surface area contributed by atoms with Crippen molar-refractivity contribution in [3.8, 4) is 5.75 Å². The van der Waals surface area contributed by atoms with Gasteiger partial charge in [-0.15, -0.1) is 0 Å². The fourth-order valence-electron chi connectivity index (χ4n) is 2.85. The zero-order valence-electron chi connectivity index (χ0n) is 14.9. The molecule has 4 heteroatoms. The highest BCUT2D eigenvalue weighted by Gasteiger charge is 2.17. The van der Waals surface area contributed by atoms with Gasteiger partial charge in [0.1, 0.15) is 5.75 Å². The van der Waals surface area contributed by atoms with E-state index >= 15 is 0 Å². The number of nitrogens with one attached hydrogen (secondary N) is 2. The highest BCUT2D eigenvalue weighted by atomic mass is 16.5. The zero-order valence-corrected chi connectivity index (χ0v) is 14.9. The average Bonchev–Trinajstić information content (AvgIpc) is 2.67. The summed E-state index contributed by atoms with van der Waals surface area (Å²) in [5.41, 5.74) is 3.90. The molecule has 2 amide bonds. The largest absolute Gasteiger partial charge is 0.497 e. The Morgan fingerprint density at radius 3 is 2.35 bits per heavy atom. The van der Waals surface area contributed by atoms with Gasteiger partial charge in [0.15, 0.2) is 0 Å². The predicted molar refractivity (Wildman–Crippen MR) is 105 cm³/mol. The van der Waals surface area contributed by atoms with Crippen LogP contribution in [0.3, 0.4) is 0 Å². The van der Waals surface area contributed by atoms with Gasteiger partial charge in [0.25, 0.3) is 0 Å². The first kappa shape index (κ1) is 17.5. The van der Waals surface area contributed by atoms with Crippen LogP contribution < -0.4 is 15.4 Å². The van der Waals surface area contributed by atoms with Crippen LogP contribution in [0.25, 0.3) is 0 Å². The first-order chi connectivity index (χ1) is 12.7. The minimum absolute atomic E-state index is 0.235. The van der Waals surface area contributed by atoms with Gasteiger partial charge in [-0.25, -0.2) is 4.79 Å². The van der Waals surface area contributed by atoms with Gasteiger partial charge < -0.3 is 15.4 Å². The molecule has 0 aliphatic heterocycles. The van der Waals surface area contributed by atoms with Crippen molar-refractivity contribution in [2.45, 2.75) is 13.0 Å². The molecule has 0 aromatic heterocycles. The molecule has 0 heterocycles. The van der Waals surface area contributed by atoms with E-state index in [1.807, 2.05) is 73.7 Å². The molecule has 0 fully saturated rings. The van der Waals surface area contributed by atoms with E-state index in [0.717, 1.165) is 16.7 Å². The monoisotopic (exact) mass is 346 g/mol. The number of amides is 2. The fourth-order valence-corrected chi connectivity index (χ4v) is 2.85. The molecule has 0 saturated carbocycles. The van der Waals surface area contributed by atoms with Crippen LogP contribution in [0.2, 0.25) is 0 Å². The van der Waals surface area contributed by atoms with Crippen LogP contribution in [-0.4, -0.2) is 13.1 Å². The van der Waals surface area contributed by atoms with Crippen molar-refractivity contribution in [3.63, 3.8) is 0 Å². The minimum Gasteiger partial charge on any atom is -0.497 e. The molecule has 3 aromatic carbocycles. The molecule has 0 radical (unpaired) electrons. The maximum atomic E-state index is 12.6. The van der Waals surface area contributed by atoms with E-state index in [2.05, 4.69) is 16.7 Å². The van der Waals surface area contributed by atoms with Crippen molar-refractivity contribution < 1.29 is 9.53 Å². The van der Waals surface area contributed by atoms with Crippen LogP contribution >= 0.6 is 0 Å². The Morgan fingerprint density at radius 1 is 0.885 bits per heavy atom. The molecule has 132 valence electrons. The number of carbonyl (C=O) groups excluding carboxylic acids is 1. The number of rotatable bonds is 5. The summed E-state index contributed by atoms with van der Waals surface area (Å²) in [7, 11) is 1.60. The lowest BCUT2D eigenvalue weighted by Crippen LogP contribution is -2.33. The van der Waals surface area contributed by atoms with Crippen LogP contribution in [0, 0.1) is 6.92 Å². The average molecular weight is 346 g/mol. The molecule has 3 rings (SSSR count). The molecular formula is C22H22N2O2. The number of hydrogen-bond acceptors (Lipinski definition) is 2. The SMILES string of the molecule is COc1cccc(NC(=O)N[C@@H](c2ccccc2)c2cccc(C)c2)c1. The molecule has 1 atom stereocenters. The molecule has 2 N–H and O–H groups in total. The number of urea groups is 1. The van der Waals surface area contributed by atoms with Crippen LogP contribution in [0.4, 0.5) is 10.5 Å². The number of hydrogen-bond donors (Lipinski definition) is 2. The smallest absolute Gasteiger partial charge is 0.319 e. The Balaban J connectivity index is 1.82. The van der Waals surface area contributed by atoms with Gasteiger partial charge in [-0.05, 0) is 30.2 Å². The molecule has 0 bridgehead atoms. The highest BCUT2D eigenvalue weighted by molar-refractivity contribution is 5.90. The van der Waals surface area contributed by atoms with Crippen LogP contribution in [0.5, 0.6) is 5.75 Å². The van der Waals surface area contributed by atoms with Gasteiger partial charge in [-0.2, -0.15) is 0 Å². The Hall–Kier alpha value is -3.27. The summed E-state index contributed by atoms with van der Waals surface area (Å²) in [5.74, 6) is 0.695. The summed E-state index contributed by atoms with van der Waals surface area (Å²) in [6.45, 7) is 2.04. The van der Waals surface area contributed by atoms with Gasteiger partial charge in [0.2, 0.25) is 0 Å². The molecule has 0 aliphatic carbocycles. The third kappa shape index (κ3) is 4.42. The standard InChI is InChI=1S/C22H22N2O2/c1-16-8-6-11-18(14-16)21(17-9-4-3-5-10-17)24-22(25)23-19-12-7-13-20(15-19)26-2/h3-15,21H,1-2H3,(H2,23,24,25)/t21-/m0/s1. The number of benzene rings is 3. The van der Waals surface area contributed by atoms with Crippen molar-refractivity contribution >= 4 is 11.7 Å². The van der Waals surface area contributed by atoms with Crippen LogP contribution in [0.1, 0.15) is 22.7 Å². The van der Waals surface area contributed by atoms with E-state index < -0.39 is 0 Å². The maximum Gasteiger partial charge on any atom is 0.319 e. The first-order valence-corrected chi connectivity index (χ1v) is 8.49. The summed E-state index contributed by atoms with van der Waals surface area (Å²) in [5, 5.41) is 5.94. The molecule has 0 aliphatic rings. The molecule has 0 unspecified atom stereocenters. The van der Waals surface area contributed by atoms with E-state index in [1.165, 1.54) is 0 Å².